The van der Waals surface area contributed by atoms with Crippen LogP contribution in [0.3, 0.4) is 0 Å². The van der Waals surface area contributed by atoms with Crippen molar-refractivity contribution in [2.24, 2.45) is 5.41 Å². The number of sulfonamides is 1. The molecule has 1 aromatic carbocycles. The fourth-order valence-electron chi connectivity index (χ4n) is 2.75. The summed E-state index contributed by atoms with van der Waals surface area (Å²) < 4.78 is 27.5. The third kappa shape index (κ3) is 5.23. The largest absolute Gasteiger partial charge is 0.316 e. The molecule has 126 valence electrons. The van der Waals surface area contributed by atoms with E-state index in [0.717, 1.165) is 38.8 Å². The Morgan fingerprint density at radius 2 is 1.95 bits per heavy atom. The highest BCUT2D eigenvalue weighted by Gasteiger charge is 2.28. The Labute approximate surface area is 140 Å². The Balaban J connectivity index is 0.00000242. The standard InChI is InChI=1S/C16H26N2O2S.ClH/c1-3-5-14-6-8-15(9-7-14)21(19,20)18-13-16(2)10-4-11-17-12-16;/h6-9,17-18H,3-5,10-13H2,1-2H3;1H. The van der Waals surface area contributed by atoms with Gasteiger partial charge < -0.3 is 5.32 Å². The zero-order valence-corrected chi connectivity index (χ0v) is 15.0. The molecule has 0 radical (unpaired) electrons. The van der Waals surface area contributed by atoms with Crippen molar-refractivity contribution in [3.05, 3.63) is 29.8 Å². The molecule has 1 aliphatic heterocycles. The second-order valence-corrected chi connectivity index (χ2v) is 8.08. The number of benzene rings is 1. The van der Waals surface area contributed by atoms with Crippen molar-refractivity contribution >= 4 is 22.4 Å². The molecule has 0 bridgehead atoms. The van der Waals surface area contributed by atoms with Crippen molar-refractivity contribution in [3.8, 4) is 0 Å². The predicted octanol–water partition coefficient (Wildman–Crippen LogP) is 2.73. The SMILES string of the molecule is CCCc1ccc(S(=O)(=O)NCC2(C)CCCNC2)cc1.Cl. The van der Waals surface area contributed by atoms with Crippen LogP contribution >= 0.6 is 12.4 Å². The maximum atomic E-state index is 12.4. The number of piperidine rings is 1. The lowest BCUT2D eigenvalue weighted by molar-refractivity contribution is 0.238. The van der Waals surface area contributed by atoms with Crippen molar-refractivity contribution in [2.75, 3.05) is 19.6 Å². The van der Waals surface area contributed by atoms with Crippen LogP contribution in [0.25, 0.3) is 0 Å². The third-order valence-corrected chi connectivity index (χ3v) is 5.56. The molecule has 0 aromatic heterocycles. The monoisotopic (exact) mass is 346 g/mol. The van der Waals surface area contributed by atoms with E-state index in [0.29, 0.717) is 11.4 Å². The first-order chi connectivity index (χ1) is 9.95. The van der Waals surface area contributed by atoms with E-state index < -0.39 is 10.0 Å². The number of rotatable bonds is 6. The summed E-state index contributed by atoms with van der Waals surface area (Å²) in [7, 11) is -3.41. The first-order valence-corrected chi connectivity index (χ1v) is 9.23. The molecule has 0 saturated carbocycles. The van der Waals surface area contributed by atoms with E-state index in [2.05, 4.69) is 23.9 Å². The van der Waals surface area contributed by atoms with E-state index in [4.69, 9.17) is 0 Å². The summed E-state index contributed by atoms with van der Waals surface area (Å²) in [4.78, 5) is 0.356. The Kier molecular flexibility index (Phi) is 7.32. The van der Waals surface area contributed by atoms with E-state index in [1.54, 1.807) is 12.1 Å². The Morgan fingerprint density at radius 3 is 2.50 bits per heavy atom. The lowest BCUT2D eigenvalue weighted by Gasteiger charge is -2.34. The molecule has 1 aromatic rings. The normalized spacial score (nSPS) is 22.1. The van der Waals surface area contributed by atoms with Crippen LogP contribution < -0.4 is 10.0 Å². The Morgan fingerprint density at radius 1 is 1.27 bits per heavy atom. The van der Waals surface area contributed by atoms with Gasteiger partial charge in [-0.25, -0.2) is 13.1 Å². The van der Waals surface area contributed by atoms with E-state index in [9.17, 15) is 8.42 Å². The molecule has 1 unspecified atom stereocenters. The van der Waals surface area contributed by atoms with Crippen molar-refractivity contribution in [1.82, 2.24) is 10.0 Å². The van der Waals surface area contributed by atoms with Crippen LogP contribution in [-0.2, 0) is 16.4 Å². The number of nitrogens with one attached hydrogen (secondary N) is 2. The molecule has 1 saturated heterocycles. The zero-order valence-electron chi connectivity index (χ0n) is 13.4. The second-order valence-electron chi connectivity index (χ2n) is 6.31. The van der Waals surface area contributed by atoms with Crippen LogP contribution in [0.15, 0.2) is 29.2 Å². The summed E-state index contributed by atoms with van der Waals surface area (Å²) in [5, 5.41) is 3.34. The highest BCUT2D eigenvalue weighted by Crippen LogP contribution is 2.25. The van der Waals surface area contributed by atoms with Gasteiger partial charge in [0.25, 0.3) is 0 Å². The lowest BCUT2D eigenvalue weighted by atomic mass is 9.83. The maximum absolute atomic E-state index is 12.4. The topological polar surface area (TPSA) is 58.2 Å². The molecule has 2 rings (SSSR count). The van der Waals surface area contributed by atoms with Gasteiger partial charge in [-0.1, -0.05) is 32.4 Å². The van der Waals surface area contributed by atoms with Gasteiger partial charge in [0, 0.05) is 13.1 Å². The molecular formula is C16H27ClN2O2S. The first kappa shape index (κ1) is 19.4. The molecule has 0 amide bonds. The molecule has 1 atom stereocenters. The van der Waals surface area contributed by atoms with Crippen LogP contribution in [0.4, 0.5) is 0 Å². The Hall–Kier alpha value is -0.620. The summed E-state index contributed by atoms with van der Waals surface area (Å²) >= 11 is 0. The van der Waals surface area contributed by atoms with Gasteiger partial charge in [-0.2, -0.15) is 0 Å². The summed E-state index contributed by atoms with van der Waals surface area (Å²) in [5.74, 6) is 0. The summed E-state index contributed by atoms with van der Waals surface area (Å²) in [6.07, 6.45) is 4.20. The zero-order chi connectivity index (χ0) is 15.3. The van der Waals surface area contributed by atoms with E-state index >= 15 is 0 Å². The highest BCUT2D eigenvalue weighted by atomic mass is 35.5. The molecule has 0 spiro atoms. The molecule has 2 N–H and O–H groups in total. The number of hydrogen-bond acceptors (Lipinski definition) is 3. The quantitative estimate of drug-likeness (QED) is 0.832. The van der Waals surface area contributed by atoms with Crippen molar-refractivity contribution < 1.29 is 8.42 Å². The van der Waals surface area contributed by atoms with E-state index in [1.165, 1.54) is 5.56 Å². The van der Waals surface area contributed by atoms with Crippen LogP contribution in [0, 0.1) is 5.41 Å². The maximum Gasteiger partial charge on any atom is 0.240 e. The smallest absolute Gasteiger partial charge is 0.240 e. The van der Waals surface area contributed by atoms with Gasteiger partial charge in [-0.15, -0.1) is 12.4 Å². The van der Waals surface area contributed by atoms with Gasteiger partial charge in [0.05, 0.1) is 4.90 Å². The average Bonchev–Trinajstić information content (AvgIpc) is 2.47. The number of hydrogen-bond donors (Lipinski definition) is 2. The van der Waals surface area contributed by atoms with Crippen molar-refractivity contribution in [1.29, 1.82) is 0 Å². The van der Waals surface area contributed by atoms with E-state index in [-0.39, 0.29) is 17.8 Å². The summed E-state index contributed by atoms with van der Waals surface area (Å²) in [5.41, 5.74) is 1.19. The predicted molar refractivity (Wildman–Crippen MR) is 93.1 cm³/mol. The van der Waals surface area contributed by atoms with Crippen molar-refractivity contribution in [2.45, 2.75) is 44.4 Å². The van der Waals surface area contributed by atoms with Crippen LogP contribution in [0.2, 0.25) is 0 Å². The lowest BCUT2D eigenvalue weighted by Crippen LogP contribution is -2.45. The Bertz CT molecular complexity index is 552. The third-order valence-electron chi connectivity index (χ3n) is 4.15. The number of halogens is 1. The van der Waals surface area contributed by atoms with Gasteiger partial charge in [0.15, 0.2) is 0 Å². The first-order valence-electron chi connectivity index (χ1n) is 7.74. The van der Waals surface area contributed by atoms with Crippen LogP contribution in [0.1, 0.15) is 38.7 Å². The minimum absolute atomic E-state index is 0. The summed E-state index contributed by atoms with van der Waals surface area (Å²) in [6.45, 7) is 6.63. The van der Waals surface area contributed by atoms with Gasteiger partial charge in [0.1, 0.15) is 0 Å². The van der Waals surface area contributed by atoms with Gasteiger partial charge >= 0.3 is 0 Å². The summed E-state index contributed by atoms with van der Waals surface area (Å²) in [6, 6.07) is 7.22. The van der Waals surface area contributed by atoms with Gasteiger partial charge in [-0.3, -0.25) is 0 Å². The minimum Gasteiger partial charge on any atom is -0.316 e. The molecular weight excluding hydrogens is 320 g/mol. The van der Waals surface area contributed by atoms with Crippen LogP contribution in [-0.4, -0.2) is 28.1 Å². The molecule has 1 fully saturated rings. The molecule has 6 heteroatoms. The van der Waals surface area contributed by atoms with Crippen LogP contribution in [0.5, 0.6) is 0 Å². The van der Waals surface area contributed by atoms with E-state index in [1.807, 2.05) is 12.1 Å². The fraction of sp³-hybridized carbons (Fsp3) is 0.625. The minimum atomic E-state index is -3.41. The number of aryl methyl sites for hydroxylation is 1. The second kappa shape index (κ2) is 8.29. The molecule has 1 aliphatic rings. The molecule has 1 heterocycles. The molecule has 4 nitrogen and oxygen atoms in total. The fourth-order valence-corrected chi connectivity index (χ4v) is 3.95. The molecule has 22 heavy (non-hydrogen) atoms. The van der Waals surface area contributed by atoms with Gasteiger partial charge in [0.2, 0.25) is 10.0 Å². The van der Waals surface area contributed by atoms with Crippen molar-refractivity contribution in [3.63, 3.8) is 0 Å². The molecule has 0 aliphatic carbocycles. The highest BCUT2D eigenvalue weighted by molar-refractivity contribution is 7.89. The average molecular weight is 347 g/mol. The van der Waals surface area contributed by atoms with Gasteiger partial charge in [-0.05, 0) is 48.9 Å².